The minimum Gasteiger partial charge on any atom is -0.386 e. The first-order valence-electron chi connectivity index (χ1n) is 22.2. The van der Waals surface area contributed by atoms with Crippen molar-refractivity contribution in [2.75, 3.05) is 30.3 Å². The number of pyridine rings is 1. The molecule has 5 heterocycles. The van der Waals surface area contributed by atoms with Gasteiger partial charge in [0, 0.05) is 54.8 Å². The number of nitrogens with one attached hydrogen (secondary N) is 3. The Morgan fingerprint density at radius 3 is 2.39 bits per heavy atom. The number of halogens is 2. The molecule has 0 bridgehead atoms. The minimum absolute atomic E-state index is 0.0293. The number of carbonyl (C=O) groups excluding carboxylic acids is 6. The number of nitrogens with zero attached hydrogens (tertiary/aromatic N) is 4. The molecule has 14 nitrogen and oxygen atoms in total. The van der Waals surface area contributed by atoms with Gasteiger partial charge in [-0.1, -0.05) is 12.1 Å². The number of fused-ring (bicyclic) bond motifs is 2. The van der Waals surface area contributed by atoms with Gasteiger partial charge in [-0.15, -0.1) is 11.3 Å². The maximum absolute atomic E-state index is 13.8. The van der Waals surface area contributed by atoms with Crippen molar-refractivity contribution in [3.8, 4) is 0 Å². The number of aromatic nitrogens is 2. The van der Waals surface area contributed by atoms with Gasteiger partial charge in [0.2, 0.25) is 17.7 Å². The Morgan fingerprint density at radius 1 is 0.953 bits per heavy atom. The molecule has 4 aromatic rings. The third kappa shape index (κ3) is 8.39. The minimum atomic E-state index is -2.82. The highest BCUT2D eigenvalue weighted by Crippen LogP contribution is 2.54. The highest BCUT2D eigenvalue weighted by molar-refractivity contribution is 7.18. The highest BCUT2D eigenvalue weighted by atomic mass is 32.1. The second-order valence-electron chi connectivity index (χ2n) is 18.7. The van der Waals surface area contributed by atoms with Gasteiger partial charge in [0.15, 0.2) is 0 Å². The molecular formula is C47H51F2N7O7S. The average molecular weight is 896 g/mol. The van der Waals surface area contributed by atoms with Crippen molar-refractivity contribution in [2.45, 2.75) is 108 Å². The normalized spacial score (nSPS) is 22.5. The first-order chi connectivity index (χ1) is 30.6. The lowest BCUT2D eigenvalue weighted by atomic mass is 9.57. The van der Waals surface area contributed by atoms with Crippen LogP contribution in [0.4, 0.5) is 20.2 Å². The Labute approximate surface area is 372 Å². The molecule has 1 atom stereocenters. The van der Waals surface area contributed by atoms with E-state index in [0.717, 1.165) is 91.6 Å². The number of hydrogen-bond acceptors (Lipinski definition) is 11. The summed E-state index contributed by atoms with van der Waals surface area (Å²) in [6.45, 7) is 5.35. The van der Waals surface area contributed by atoms with Gasteiger partial charge in [-0.3, -0.25) is 39.0 Å². The number of thiazole rings is 1. The van der Waals surface area contributed by atoms with Gasteiger partial charge in [-0.05, 0) is 126 Å². The molecule has 6 amide bonds. The van der Waals surface area contributed by atoms with Crippen molar-refractivity contribution in [3.63, 3.8) is 0 Å². The monoisotopic (exact) mass is 895 g/mol. The molecule has 1 unspecified atom stereocenters. The lowest BCUT2D eigenvalue weighted by molar-refractivity contribution is -0.141. The summed E-state index contributed by atoms with van der Waals surface area (Å²) in [6.07, 6.45) is 5.61. The summed E-state index contributed by atoms with van der Waals surface area (Å²) in [7, 11) is 0. The van der Waals surface area contributed by atoms with Crippen molar-refractivity contribution < 1.29 is 42.7 Å². The van der Waals surface area contributed by atoms with Gasteiger partial charge >= 0.3 is 0 Å². The largest absolute Gasteiger partial charge is 0.386 e. The SMILES string of the molecule is CC(C)(O)c1cc2nc([C@H]3CC[C@H](C(=O)N4CCC5(CC4)CC(CCNc4cccc6c4C(=O)N(C4CCC(=O)NC4=O)C6=O)C5)CC3)sc2cc1NC(=O)c1cccc(C(F)F)n1. The lowest BCUT2D eigenvalue weighted by Gasteiger charge is -2.53. The van der Waals surface area contributed by atoms with Crippen molar-refractivity contribution in [1.29, 1.82) is 0 Å². The van der Waals surface area contributed by atoms with Crippen LogP contribution in [0.3, 0.4) is 0 Å². The van der Waals surface area contributed by atoms with E-state index in [4.69, 9.17) is 4.98 Å². The maximum atomic E-state index is 13.8. The standard InChI is InChI=1S/C47H51F2N7O7S/c1-46(2,63)29-21-34-36(22-33(29)52-40(58)32-8-4-7-31(51-32)39(48)49)64-42(53-34)26-9-11-27(12-10-26)43(60)55-19-16-47(17-20-55)23-25(24-47)15-18-50-30-6-3-5-28-38(30)45(62)56(44(28)61)35-13-14-37(57)54-41(35)59/h3-8,21-22,25-27,35,39,50,63H,9-20,23-24H2,1-2H3,(H,52,58)(H,54,57,59)/t26-,27-,35?. The van der Waals surface area contributed by atoms with Crippen molar-refractivity contribution in [2.24, 2.45) is 17.3 Å². The Bertz CT molecular complexity index is 2550. The number of carbonyl (C=O) groups is 6. The predicted molar refractivity (Wildman–Crippen MR) is 234 cm³/mol. The Hall–Kier alpha value is -5.68. The third-order valence-corrected chi connectivity index (χ3v) is 15.2. The van der Waals surface area contributed by atoms with E-state index < -0.39 is 53.3 Å². The fraction of sp³-hybridized carbons (Fsp3) is 0.489. The fourth-order valence-electron chi connectivity index (χ4n) is 10.6. The molecule has 3 aliphatic heterocycles. The number of imide groups is 2. The Balaban J connectivity index is 0.743. The maximum Gasteiger partial charge on any atom is 0.280 e. The van der Waals surface area contributed by atoms with E-state index in [-0.39, 0.29) is 52.8 Å². The van der Waals surface area contributed by atoms with Crippen molar-refractivity contribution in [1.82, 2.24) is 25.1 Å². The van der Waals surface area contributed by atoms with Crippen LogP contribution in [0.25, 0.3) is 10.2 Å². The summed E-state index contributed by atoms with van der Waals surface area (Å²) in [5.41, 5.74) is 0.825. The van der Waals surface area contributed by atoms with E-state index in [2.05, 4.69) is 25.8 Å². The zero-order chi connectivity index (χ0) is 45.1. The topological polar surface area (TPSA) is 191 Å². The average Bonchev–Trinajstić information content (AvgIpc) is 3.80. The molecule has 17 heteroatoms. The number of anilines is 2. The van der Waals surface area contributed by atoms with Crippen LogP contribution in [0.15, 0.2) is 48.5 Å². The molecule has 336 valence electrons. The number of aliphatic hydroxyl groups is 1. The molecule has 0 radical (unpaired) electrons. The summed E-state index contributed by atoms with van der Waals surface area (Å²) in [5, 5.41) is 20.3. The molecule has 2 aromatic heterocycles. The molecule has 2 saturated heterocycles. The van der Waals surface area contributed by atoms with Gasteiger partial charge < -0.3 is 20.6 Å². The second kappa shape index (κ2) is 17.0. The summed E-state index contributed by atoms with van der Waals surface area (Å²) in [6, 6.07) is 11.5. The Kier molecular flexibility index (Phi) is 11.6. The number of rotatable bonds is 11. The van der Waals surface area contributed by atoms with Crippen LogP contribution in [-0.2, 0) is 20.0 Å². The number of alkyl halides is 2. The van der Waals surface area contributed by atoms with E-state index >= 15 is 0 Å². The van der Waals surface area contributed by atoms with Crippen LogP contribution in [0, 0.1) is 17.3 Å². The van der Waals surface area contributed by atoms with Gasteiger partial charge in [-0.25, -0.2) is 18.7 Å². The molecule has 9 rings (SSSR count). The van der Waals surface area contributed by atoms with Crippen molar-refractivity contribution in [3.05, 3.63) is 81.6 Å². The van der Waals surface area contributed by atoms with Gasteiger partial charge in [-0.2, -0.15) is 0 Å². The van der Waals surface area contributed by atoms with Crippen LogP contribution in [0.1, 0.15) is 144 Å². The van der Waals surface area contributed by atoms with Crippen LogP contribution in [0.2, 0.25) is 0 Å². The van der Waals surface area contributed by atoms with E-state index in [1.807, 2.05) is 0 Å². The van der Waals surface area contributed by atoms with Gasteiger partial charge in [0.05, 0.1) is 32.0 Å². The molecule has 2 aromatic carbocycles. The van der Waals surface area contributed by atoms with Crippen LogP contribution < -0.4 is 16.0 Å². The molecule has 1 spiro atoms. The Morgan fingerprint density at radius 2 is 1.69 bits per heavy atom. The molecule has 4 fully saturated rings. The fourth-order valence-corrected chi connectivity index (χ4v) is 11.7. The molecule has 5 aliphatic rings. The van der Waals surface area contributed by atoms with E-state index in [1.54, 1.807) is 44.2 Å². The predicted octanol–water partition coefficient (Wildman–Crippen LogP) is 7.30. The van der Waals surface area contributed by atoms with Crippen LogP contribution in [-0.4, -0.2) is 86.0 Å². The first kappa shape index (κ1) is 43.6. The third-order valence-electron chi connectivity index (χ3n) is 14.0. The summed E-state index contributed by atoms with van der Waals surface area (Å²) >= 11 is 1.52. The summed E-state index contributed by atoms with van der Waals surface area (Å²) in [4.78, 5) is 89.5. The molecule has 4 N–H and O–H groups in total. The molecule has 2 saturated carbocycles. The lowest BCUT2D eigenvalue weighted by Crippen LogP contribution is -2.54. The van der Waals surface area contributed by atoms with E-state index in [1.165, 1.54) is 23.5 Å². The van der Waals surface area contributed by atoms with Crippen molar-refractivity contribution >= 4 is 68.4 Å². The first-order valence-corrected chi connectivity index (χ1v) is 23.0. The van der Waals surface area contributed by atoms with Crippen LogP contribution in [0.5, 0.6) is 0 Å². The van der Waals surface area contributed by atoms with Gasteiger partial charge in [0.1, 0.15) is 17.4 Å². The number of piperidine rings is 2. The summed E-state index contributed by atoms with van der Waals surface area (Å²) in [5.74, 6) is -1.85. The smallest absolute Gasteiger partial charge is 0.280 e. The zero-order valence-corrected chi connectivity index (χ0v) is 36.6. The zero-order valence-electron chi connectivity index (χ0n) is 35.8. The number of amides is 6. The van der Waals surface area contributed by atoms with E-state index in [0.29, 0.717) is 34.9 Å². The molecular weight excluding hydrogens is 845 g/mol. The second-order valence-corrected chi connectivity index (χ2v) is 19.8. The quantitative estimate of drug-likeness (QED) is 0.111. The van der Waals surface area contributed by atoms with Gasteiger partial charge in [0.25, 0.3) is 24.1 Å². The van der Waals surface area contributed by atoms with E-state index in [9.17, 15) is 42.7 Å². The highest BCUT2D eigenvalue weighted by Gasteiger charge is 2.48. The van der Waals surface area contributed by atoms with Crippen LogP contribution >= 0.6 is 11.3 Å². The number of likely N-dealkylation sites (tertiary alicyclic amines) is 1. The summed E-state index contributed by atoms with van der Waals surface area (Å²) < 4.78 is 27.3. The molecule has 64 heavy (non-hydrogen) atoms. The number of hydrogen-bond donors (Lipinski definition) is 4. The number of benzene rings is 2. The molecule has 2 aliphatic carbocycles.